The molecule has 8 nitrogen and oxygen atoms in total. The van der Waals surface area contributed by atoms with E-state index in [0.717, 1.165) is 56.6 Å². The van der Waals surface area contributed by atoms with Crippen LogP contribution in [-0.4, -0.2) is 63.0 Å². The van der Waals surface area contributed by atoms with Gasteiger partial charge < -0.3 is 9.80 Å². The Hall–Kier alpha value is -3.44. The summed E-state index contributed by atoms with van der Waals surface area (Å²) in [6.45, 7) is 4.32. The summed E-state index contributed by atoms with van der Waals surface area (Å²) in [5, 5.41) is 6.68. The quantitative estimate of drug-likeness (QED) is 0.524. The highest BCUT2D eigenvalue weighted by molar-refractivity contribution is 6.05. The first-order valence-corrected chi connectivity index (χ1v) is 12.0. The van der Waals surface area contributed by atoms with Gasteiger partial charge in [0, 0.05) is 31.3 Å². The Labute approximate surface area is 199 Å². The maximum atomic E-state index is 13.1. The highest BCUT2D eigenvalue weighted by Crippen LogP contribution is 2.32. The van der Waals surface area contributed by atoms with E-state index in [1.165, 1.54) is 5.56 Å². The van der Waals surface area contributed by atoms with Crippen molar-refractivity contribution in [2.45, 2.75) is 51.2 Å². The topological polar surface area (TPSA) is 87.5 Å². The van der Waals surface area contributed by atoms with E-state index in [1.807, 2.05) is 23.0 Å². The first-order valence-electron chi connectivity index (χ1n) is 12.0. The summed E-state index contributed by atoms with van der Waals surface area (Å²) in [4.78, 5) is 41.0. The molecule has 3 aliphatic heterocycles. The van der Waals surface area contributed by atoms with Crippen molar-refractivity contribution in [2.24, 2.45) is 5.92 Å². The van der Waals surface area contributed by atoms with Gasteiger partial charge in [0.25, 0.3) is 5.91 Å². The molecule has 8 heteroatoms. The Kier molecular flexibility index (Phi) is 6.20. The van der Waals surface area contributed by atoms with Gasteiger partial charge in [0.05, 0.1) is 18.3 Å². The van der Waals surface area contributed by atoms with E-state index in [-0.39, 0.29) is 24.1 Å². The molecule has 176 valence electrons. The predicted molar refractivity (Wildman–Crippen MR) is 126 cm³/mol. The smallest absolute Gasteiger partial charge is 0.255 e. The normalized spacial score (nSPS) is 21.4. The number of hydrogen-bond donors (Lipinski definition) is 1. The predicted octanol–water partition coefficient (Wildman–Crippen LogP) is 1.58. The molecule has 2 saturated heterocycles. The Balaban J connectivity index is 1.17. The third kappa shape index (κ3) is 4.48. The van der Waals surface area contributed by atoms with E-state index in [1.54, 1.807) is 11.1 Å². The van der Waals surface area contributed by atoms with Crippen molar-refractivity contribution < 1.29 is 14.4 Å². The molecule has 34 heavy (non-hydrogen) atoms. The molecule has 5 rings (SSSR count). The molecule has 1 aromatic heterocycles. The molecule has 1 aromatic carbocycles. The Morgan fingerprint density at radius 1 is 1.12 bits per heavy atom. The number of carbonyl (C=O) groups is 3. The average Bonchev–Trinajstić information content (AvgIpc) is 3.44. The van der Waals surface area contributed by atoms with Gasteiger partial charge in [-0.1, -0.05) is 18.1 Å². The fourth-order valence-corrected chi connectivity index (χ4v) is 5.37. The number of imide groups is 1. The van der Waals surface area contributed by atoms with E-state index in [2.05, 4.69) is 27.3 Å². The van der Waals surface area contributed by atoms with Gasteiger partial charge >= 0.3 is 0 Å². The van der Waals surface area contributed by atoms with Crippen LogP contribution in [-0.2, 0) is 29.1 Å². The Morgan fingerprint density at radius 3 is 2.68 bits per heavy atom. The third-order valence-corrected chi connectivity index (χ3v) is 7.34. The third-order valence-electron chi connectivity index (χ3n) is 7.34. The molecule has 1 N–H and O–H groups in total. The van der Waals surface area contributed by atoms with Crippen molar-refractivity contribution in [1.29, 1.82) is 0 Å². The van der Waals surface area contributed by atoms with Crippen molar-refractivity contribution >= 4 is 17.7 Å². The number of terminal acetylenes is 1. The van der Waals surface area contributed by atoms with Gasteiger partial charge in [0.2, 0.25) is 11.8 Å². The zero-order valence-corrected chi connectivity index (χ0v) is 19.2. The maximum absolute atomic E-state index is 13.1. The number of likely N-dealkylation sites (tertiary alicyclic amines) is 1. The van der Waals surface area contributed by atoms with Crippen molar-refractivity contribution in [3.8, 4) is 12.3 Å². The number of rotatable bonds is 6. The number of nitrogens with zero attached hydrogens (tertiary/aromatic N) is 4. The number of nitrogens with one attached hydrogen (secondary N) is 1. The van der Waals surface area contributed by atoms with Crippen LogP contribution in [0.1, 0.15) is 52.7 Å². The van der Waals surface area contributed by atoms with Crippen LogP contribution in [0.4, 0.5) is 0 Å². The van der Waals surface area contributed by atoms with Crippen molar-refractivity contribution in [3.63, 3.8) is 0 Å². The van der Waals surface area contributed by atoms with Crippen LogP contribution in [0.3, 0.4) is 0 Å². The van der Waals surface area contributed by atoms with Gasteiger partial charge in [-0.25, -0.2) is 0 Å². The number of benzene rings is 1. The largest absolute Gasteiger partial charge is 0.322 e. The van der Waals surface area contributed by atoms with Gasteiger partial charge in [-0.2, -0.15) is 5.10 Å². The molecule has 0 spiro atoms. The molecule has 2 fully saturated rings. The van der Waals surface area contributed by atoms with E-state index in [4.69, 9.17) is 6.42 Å². The number of aromatic nitrogens is 2. The lowest BCUT2D eigenvalue weighted by atomic mass is 9.87. The fraction of sp³-hybridized carbons (Fsp3) is 0.462. The van der Waals surface area contributed by atoms with Crippen molar-refractivity contribution in [1.82, 2.24) is 24.9 Å². The van der Waals surface area contributed by atoms with Crippen LogP contribution in [0.5, 0.6) is 0 Å². The van der Waals surface area contributed by atoms with E-state index in [0.29, 0.717) is 24.4 Å². The SMILES string of the molecule is C#Cc1cnn(CCN2CCC(Cc3cccc4c3CN(C3CCC(=O)NC3=O)C4=O)CC2)c1. The molecule has 4 heterocycles. The molecule has 0 saturated carbocycles. The summed E-state index contributed by atoms with van der Waals surface area (Å²) >= 11 is 0. The van der Waals surface area contributed by atoms with Crippen LogP contribution < -0.4 is 5.32 Å². The van der Waals surface area contributed by atoms with Crippen LogP contribution >= 0.6 is 0 Å². The second-order valence-electron chi connectivity index (χ2n) is 9.47. The molecule has 3 amide bonds. The van der Waals surface area contributed by atoms with E-state index < -0.39 is 6.04 Å². The molecule has 0 radical (unpaired) electrons. The number of amides is 3. The second kappa shape index (κ2) is 9.43. The summed E-state index contributed by atoms with van der Waals surface area (Å²) in [5.41, 5.74) is 3.76. The van der Waals surface area contributed by atoms with Crippen LogP contribution in [0.2, 0.25) is 0 Å². The molecule has 3 aliphatic rings. The highest BCUT2D eigenvalue weighted by atomic mass is 16.2. The zero-order valence-electron chi connectivity index (χ0n) is 19.2. The number of hydrogen-bond acceptors (Lipinski definition) is 5. The van der Waals surface area contributed by atoms with Gasteiger partial charge in [0.15, 0.2) is 0 Å². The lowest BCUT2D eigenvalue weighted by Crippen LogP contribution is -2.52. The summed E-state index contributed by atoms with van der Waals surface area (Å²) in [6, 6.07) is 5.35. The Morgan fingerprint density at radius 2 is 1.94 bits per heavy atom. The summed E-state index contributed by atoms with van der Waals surface area (Å²) in [6.07, 6.45) is 12.9. The fourth-order valence-electron chi connectivity index (χ4n) is 5.37. The highest BCUT2D eigenvalue weighted by Gasteiger charge is 2.39. The maximum Gasteiger partial charge on any atom is 0.255 e. The van der Waals surface area contributed by atoms with Crippen LogP contribution in [0.15, 0.2) is 30.6 Å². The summed E-state index contributed by atoms with van der Waals surface area (Å²) < 4.78 is 1.90. The van der Waals surface area contributed by atoms with E-state index in [9.17, 15) is 14.4 Å². The van der Waals surface area contributed by atoms with Gasteiger partial charge in [-0.15, -0.1) is 6.42 Å². The molecule has 0 bridgehead atoms. The minimum absolute atomic E-state index is 0.104. The molecule has 0 aliphatic carbocycles. The first kappa shape index (κ1) is 22.4. The van der Waals surface area contributed by atoms with Crippen molar-refractivity contribution in [2.75, 3.05) is 19.6 Å². The minimum Gasteiger partial charge on any atom is -0.322 e. The standard InChI is InChI=1S/C26H29N5O3/c1-2-18-15-27-30(16-18)13-12-29-10-8-19(9-11-29)14-20-4-3-5-21-22(20)17-31(26(21)34)23-6-7-24(32)28-25(23)33/h1,3-5,15-16,19,23H,6-14,17H2,(H,28,32,33). The second-order valence-corrected chi connectivity index (χ2v) is 9.47. The van der Waals surface area contributed by atoms with Crippen LogP contribution in [0.25, 0.3) is 0 Å². The minimum atomic E-state index is -0.569. The molecular weight excluding hydrogens is 430 g/mol. The number of carbonyl (C=O) groups excluding carboxylic acids is 3. The van der Waals surface area contributed by atoms with Crippen molar-refractivity contribution in [3.05, 3.63) is 52.8 Å². The average molecular weight is 460 g/mol. The molecule has 1 atom stereocenters. The monoisotopic (exact) mass is 459 g/mol. The van der Waals surface area contributed by atoms with Gasteiger partial charge in [-0.3, -0.25) is 24.4 Å². The zero-order chi connectivity index (χ0) is 23.7. The first-order chi connectivity index (χ1) is 16.5. The summed E-state index contributed by atoms with van der Waals surface area (Å²) in [7, 11) is 0. The lowest BCUT2D eigenvalue weighted by molar-refractivity contribution is -0.136. The number of piperidine rings is 2. The molecule has 1 unspecified atom stereocenters. The van der Waals surface area contributed by atoms with Gasteiger partial charge in [0.1, 0.15) is 6.04 Å². The molecular formula is C26H29N5O3. The van der Waals surface area contributed by atoms with Crippen LogP contribution in [0, 0.1) is 18.3 Å². The number of fused-ring (bicyclic) bond motifs is 1. The Bertz CT molecular complexity index is 1160. The van der Waals surface area contributed by atoms with E-state index >= 15 is 0 Å². The lowest BCUT2D eigenvalue weighted by Gasteiger charge is -2.32. The molecule has 2 aromatic rings. The summed E-state index contributed by atoms with van der Waals surface area (Å²) in [5.74, 6) is 2.44. The van der Waals surface area contributed by atoms with Gasteiger partial charge in [-0.05, 0) is 61.9 Å².